The lowest BCUT2D eigenvalue weighted by Crippen LogP contribution is -1.93. The molecule has 1 aromatic carbocycles. The van der Waals surface area contributed by atoms with Gasteiger partial charge in [-0.25, -0.2) is 4.98 Å². The largest absolute Gasteiger partial charge is 0.339 e. The second-order valence-corrected chi connectivity index (χ2v) is 4.74. The van der Waals surface area contributed by atoms with E-state index in [1.165, 1.54) is 0 Å². The van der Waals surface area contributed by atoms with Crippen LogP contribution in [0.5, 0.6) is 0 Å². The van der Waals surface area contributed by atoms with Gasteiger partial charge in [-0.1, -0.05) is 22.0 Å². The zero-order valence-electron chi connectivity index (χ0n) is 7.74. The summed E-state index contributed by atoms with van der Waals surface area (Å²) >= 11 is 6.86. The Bertz CT molecular complexity index is 472. The Labute approximate surface area is 105 Å². The van der Waals surface area contributed by atoms with Crippen LogP contribution in [-0.2, 0) is 0 Å². The summed E-state index contributed by atoms with van der Waals surface area (Å²) in [5, 5.41) is 3.23. The zero-order chi connectivity index (χ0) is 10.7. The molecule has 0 amide bonds. The molecule has 0 bridgehead atoms. The van der Waals surface area contributed by atoms with Gasteiger partial charge in [-0.05, 0) is 46.3 Å². The minimum atomic E-state index is 0.815. The van der Waals surface area contributed by atoms with Crippen LogP contribution in [0.3, 0.4) is 0 Å². The van der Waals surface area contributed by atoms with Crippen LogP contribution >= 0.6 is 31.9 Å². The van der Waals surface area contributed by atoms with E-state index < -0.39 is 0 Å². The van der Waals surface area contributed by atoms with Crippen LogP contribution in [0.4, 0.5) is 11.5 Å². The van der Waals surface area contributed by atoms with Gasteiger partial charge in [-0.3, -0.25) is 0 Å². The lowest BCUT2D eigenvalue weighted by Gasteiger charge is -2.06. The molecule has 1 heterocycles. The normalized spacial score (nSPS) is 10.0. The second kappa shape index (κ2) is 4.77. The van der Waals surface area contributed by atoms with Crippen molar-refractivity contribution in [1.29, 1.82) is 0 Å². The maximum absolute atomic E-state index is 4.23. The molecule has 2 rings (SSSR count). The molecule has 15 heavy (non-hydrogen) atoms. The monoisotopic (exact) mass is 326 g/mol. The number of nitrogens with one attached hydrogen (secondary N) is 1. The predicted molar refractivity (Wildman–Crippen MR) is 69.4 cm³/mol. The summed E-state index contributed by atoms with van der Waals surface area (Å²) in [5.41, 5.74) is 1.00. The molecule has 4 heteroatoms. The predicted octanol–water partition coefficient (Wildman–Crippen LogP) is 4.35. The molecule has 0 aliphatic carbocycles. The highest BCUT2D eigenvalue weighted by atomic mass is 79.9. The number of nitrogens with zero attached hydrogens (tertiary/aromatic N) is 1. The van der Waals surface area contributed by atoms with E-state index in [9.17, 15) is 0 Å². The molecule has 1 N–H and O–H groups in total. The third kappa shape index (κ3) is 2.79. The van der Waals surface area contributed by atoms with E-state index >= 15 is 0 Å². The molecule has 2 nitrogen and oxygen atoms in total. The van der Waals surface area contributed by atoms with Gasteiger partial charge in [0, 0.05) is 16.4 Å². The van der Waals surface area contributed by atoms with E-state index in [-0.39, 0.29) is 0 Å². The van der Waals surface area contributed by atoms with Gasteiger partial charge in [0.25, 0.3) is 0 Å². The fourth-order valence-electron chi connectivity index (χ4n) is 1.18. The SMILES string of the molecule is Brc1cccc(Nc2ncccc2Br)c1. The molecule has 0 atom stereocenters. The molecule has 0 saturated carbocycles. The average Bonchev–Trinajstić information content (AvgIpc) is 2.22. The molecule has 0 spiro atoms. The standard InChI is InChI=1S/C11H8Br2N2/c12-8-3-1-4-9(7-8)15-11-10(13)5-2-6-14-11/h1-7H,(H,14,15). The summed E-state index contributed by atoms with van der Waals surface area (Å²) in [5.74, 6) is 0.815. The van der Waals surface area contributed by atoms with Crippen molar-refractivity contribution in [1.82, 2.24) is 4.98 Å². The summed E-state index contributed by atoms with van der Waals surface area (Å²) < 4.78 is 1.99. The maximum Gasteiger partial charge on any atom is 0.144 e. The summed E-state index contributed by atoms with van der Waals surface area (Å²) in [6.45, 7) is 0. The van der Waals surface area contributed by atoms with Crippen molar-refractivity contribution in [2.45, 2.75) is 0 Å². The Balaban J connectivity index is 2.26. The number of hydrogen-bond donors (Lipinski definition) is 1. The van der Waals surface area contributed by atoms with Crippen LogP contribution in [0.1, 0.15) is 0 Å². The molecular weight excluding hydrogens is 320 g/mol. The third-order valence-electron chi connectivity index (χ3n) is 1.85. The van der Waals surface area contributed by atoms with Gasteiger partial charge in [0.05, 0.1) is 4.47 Å². The van der Waals surface area contributed by atoms with Crippen LogP contribution in [-0.4, -0.2) is 4.98 Å². The number of aromatic nitrogens is 1. The fourth-order valence-corrected chi connectivity index (χ4v) is 1.93. The van der Waals surface area contributed by atoms with Crippen LogP contribution in [0.15, 0.2) is 51.5 Å². The molecule has 1 aromatic heterocycles. The number of benzene rings is 1. The fraction of sp³-hybridized carbons (Fsp3) is 0. The number of halogens is 2. The van der Waals surface area contributed by atoms with Crippen LogP contribution < -0.4 is 5.32 Å². The molecule has 0 aliphatic heterocycles. The Morgan fingerprint density at radius 2 is 1.93 bits per heavy atom. The molecule has 0 aliphatic rings. The van der Waals surface area contributed by atoms with E-state index in [1.807, 2.05) is 36.4 Å². The second-order valence-electron chi connectivity index (χ2n) is 2.97. The van der Waals surface area contributed by atoms with E-state index in [1.54, 1.807) is 6.20 Å². The summed E-state index contributed by atoms with van der Waals surface area (Å²) in [6.07, 6.45) is 1.76. The molecule has 0 radical (unpaired) electrons. The Hall–Kier alpha value is -0.870. The van der Waals surface area contributed by atoms with Gasteiger partial charge in [0.2, 0.25) is 0 Å². The van der Waals surface area contributed by atoms with Gasteiger partial charge in [-0.15, -0.1) is 0 Å². The van der Waals surface area contributed by atoms with E-state index in [4.69, 9.17) is 0 Å². The minimum absolute atomic E-state index is 0.815. The van der Waals surface area contributed by atoms with E-state index in [2.05, 4.69) is 42.2 Å². The molecule has 0 fully saturated rings. The quantitative estimate of drug-likeness (QED) is 0.887. The third-order valence-corrected chi connectivity index (χ3v) is 2.98. The zero-order valence-corrected chi connectivity index (χ0v) is 10.9. The van der Waals surface area contributed by atoms with Gasteiger partial charge in [0.15, 0.2) is 0 Å². The van der Waals surface area contributed by atoms with Crippen molar-refractivity contribution >= 4 is 43.4 Å². The van der Waals surface area contributed by atoms with Crippen molar-refractivity contribution in [2.75, 3.05) is 5.32 Å². The van der Waals surface area contributed by atoms with Crippen molar-refractivity contribution in [2.24, 2.45) is 0 Å². The topological polar surface area (TPSA) is 24.9 Å². The summed E-state index contributed by atoms with van der Waals surface area (Å²) in [7, 11) is 0. The molecular formula is C11H8Br2N2. The van der Waals surface area contributed by atoms with Crippen molar-refractivity contribution in [3.8, 4) is 0 Å². The smallest absolute Gasteiger partial charge is 0.144 e. The van der Waals surface area contributed by atoms with Gasteiger partial charge < -0.3 is 5.32 Å². The number of rotatable bonds is 2. The van der Waals surface area contributed by atoms with Gasteiger partial charge >= 0.3 is 0 Å². The summed E-state index contributed by atoms with van der Waals surface area (Å²) in [4.78, 5) is 4.23. The van der Waals surface area contributed by atoms with Crippen molar-refractivity contribution < 1.29 is 0 Å². The Morgan fingerprint density at radius 3 is 2.67 bits per heavy atom. The molecule has 0 saturated heterocycles. The molecule has 2 aromatic rings. The first-order valence-corrected chi connectivity index (χ1v) is 5.97. The maximum atomic E-state index is 4.23. The molecule has 76 valence electrons. The first-order valence-electron chi connectivity index (χ1n) is 4.39. The van der Waals surface area contributed by atoms with E-state index in [0.717, 1.165) is 20.5 Å². The highest BCUT2D eigenvalue weighted by molar-refractivity contribution is 9.10. The van der Waals surface area contributed by atoms with Crippen LogP contribution in [0.2, 0.25) is 0 Å². The number of hydrogen-bond acceptors (Lipinski definition) is 2. The first-order chi connectivity index (χ1) is 7.25. The highest BCUT2D eigenvalue weighted by Crippen LogP contribution is 2.24. The summed E-state index contributed by atoms with van der Waals surface area (Å²) in [6, 6.07) is 11.8. The Morgan fingerprint density at radius 1 is 1.07 bits per heavy atom. The van der Waals surface area contributed by atoms with Crippen LogP contribution in [0, 0.1) is 0 Å². The average molecular weight is 328 g/mol. The lowest BCUT2D eigenvalue weighted by atomic mass is 10.3. The lowest BCUT2D eigenvalue weighted by molar-refractivity contribution is 1.29. The Kier molecular flexibility index (Phi) is 3.38. The first kappa shape index (κ1) is 10.6. The van der Waals surface area contributed by atoms with Gasteiger partial charge in [-0.2, -0.15) is 0 Å². The van der Waals surface area contributed by atoms with Gasteiger partial charge in [0.1, 0.15) is 5.82 Å². The van der Waals surface area contributed by atoms with E-state index in [0.29, 0.717) is 0 Å². The highest BCUT2D eigenvalue weighted by Gasteiger charge is 2.00. The minimum Gasteiger partial charge on any atom is -0.339 e. The van der Waals surface area contributed by atoms with Crippen LogP contribution in [0.25, 0.3) is 0 Å². The number of pyridine rings is 1. The van der Waals surface area contributed by atoms with Crippen molar-refractivity contribution in [3.63, 3.8) is 0 Å². The number of anilines is 2. The van der Waals surface area contributed by atoms with Crippen molar-refractivity contribution in [3.05, 3.63) is 51.5 Å². The molecule has 0 unspecified atom stereocenters.